The first-order chi connectivity index (χ1) is 7.81. The zero-order valence-electron chi connectivity index (χ0n) is 9.54. The summed E-state index contributed by atoms with van der Waals surface area (Å²) in [7, 11) is 0. The Morgan fingerprint density at radius 3 is 2.62 bits per heavy atom. The molecule has 1 amide bonds. The van der Waals surface area contributed by atoms with E-state index in [0.29, 0.717) is 6.04 Å². The zero-order chi connectivity index (χ0) is 11.4. The molecule has 1 fully saturated rings. The number of aromatic nitrogens is 1. The van der Waals surface area contributed by atoms with Gasteiger partial charge in [0.1, 0.15) is 0 Å². The van der Waals surface area contributed by atoms with Crippen LogP contribution in [-0.4, -0.2) is 47.4 Å². The lowest BCUT2D eigenvalue weighted by atomic mass is 10.1. The minimum Gasteiger partial charge on any atom is -0.343 e. The van der Waals surface area contributed by atoms with Crippen LogP contribution in [0.2, 0.25) is 0 Å². The lowest BCUT2D eigenvalue weighted by Gasteiger charge is -2.36. The first-order valence-corrected chi connectivity index (χ1v) is 5.65. The van der Waals surface area contributed by atoms with Gasteiger partial charge in [0.2, 0.25) is 6.41 Å². The van der Waals surface area contributed by atoms with Gasteiger partial charge in [-0.1, -0.05) is 6.07 Å². The molecule has 1 aliphatic heterocycles. The van der Waals surface area contributed by atoms with Gasteiger partial charge in [0.05, 0.1) is 5.69 Å². The smallest absolute Gasteiger partial charge is 0.209 e. The van der Waals surface area contributed by atoms with E-state index in [9.17, 15) is 4.79 Å². The highest BCUT2D eigenvalue weighted by molar-refractivity contribution is 5.47. The average molecular weight is 219 g/mol. The molecule has 86 valence electrons. The highest BCUT2D eigenvalue weighted by Gasteiger charge is 2.21. The molecule has 4 nitrogen and oxygen atoms in total. The van der Waals surface area contributed by atoms with Crippen molar-refractivity contribution in [1.82, 2.24) is 14.8 Å². The Morgan fingerprint density at radius 1 is 1.31 bits per heavy atom. The molecule has 1 atom stereocenters. The standard InChI is InChI=1S/C12H17N3O/c1-11(12-4-2-3-5-13-12)15-8-6-14(10-16)7-9-15/h2-5,10-11H,6-9H2,1H3. The van der Waals surface area contributed by atoms with E-state index in [0.717, 1.165) is 38.3 Å². The van der Waals surface area contributed by atoms with E-state index >= 15 is 0 Å². The Hall–Kier alpha value is -1.42. The molecule has 0 aliphatic carbocycles. The van der Waals surface area contributed by atoms with Crippen LogP contribution >= 0.6 is 0 Å². The van der Waals surface area contributed by atoms with Gasteiger partial charge in [-0.3, -0.25) is 14.7 Å². The van der Waals surface area contributed by atoms with Crippen molar-refractivity contribution in [1.29, 1.82) is 0 Å². The number of carbonyl (C=O) groups is 1. The Labute approximate surface area is 95.9 Å². The van der Waals surface area contributed by atoms with Crippen LogP contribution in [0.4, 0.5) is 0 Å². The van der Waals surface area contributed by atoms with Crippen molar-refractivity contribution in [2.75, 3.05) is 26.2 Å². The first kappa shape index (κ1) is 11.1. The van der Waals surface area contributed by atoms with Gasteiger partial charge in [-0.25, -0.2) is 0 Å². The summed E-state index contributed by atoms with van der Waals surface area (Å²) in [6.07, 6.45) is 2.76. The van der Waals surface area contributed by atoms with Crippen LogP contribution in [0.1, 0.15) is 18.7 Å². The molecular weight excluding hydrogens is 202 g/mol. The molecule has 0 saturated carbocycles. The maximum absolute atomic E-state index is 10.6. The van der Waals surface area contributed by atoms with Crippen molar-refractivity contribution in [2.24, 2.45) is 0 Å². The number of amides is 1. The summed E-state index contributed by atoms with van der Waals surface area (Å²) in [5.41, 5.74) is 1.10. The molecule has 4 heteroatoms. The maximum Gasteiger partial charge on any atom is 0.209 e. The minimum atomic E-state index is 0.329. The van der Waals surface area contributed by atoms with Gasteiger partial charge in [-0.05, 0) is 19.1 Å². The van der Waals surface area contributed by atoms with Gasteiger partial charge in [0.25, 0.3) is 0 Å². The molecule has 0 bridgehead atoms. The lowest BCUT2D eigenvalue weighted by molar-refractivity contribution is -0.120. The first-order valence-electron chi connectivity index (χ1n) is 5.65. The molecule has 1 unspecified atom stereocenters. The Balaban J connectivity index is 1.96. The zero-order valence-corrected chi connectivity index (χ0v) is 9.54. The second-order valence-corrected chi connectivity index (χ2v) is 4.11. The number of rotatable bonds is 3. The van der Waals surface area contributed by atoms with Crippen LogP contribution in [0.25, 0.3) is 0 Å². The van der Waals surface area contributed by atoms with E-state index in [1.807, 2.05) is 23.2 Å². The van der Waals surface area contributed by atoms with Crippen molar-refractivity contribution in [3.05, 3.63) is 30.1 Å². The van der Waals surface area contributed by atoms with E-state index in [1.54, 1.807) is 0 Å². The van der Waals surface area contributed by atoms with Crippen LogP contribution in [0.3, 0.4) is 0 Å². The second-order valence-electron chi connectivity index (χ2n) is 4.11. The highest BCUT2D eigenvalue weighted by atomic mass is 16.1. The quantitative estimate of drug-likeness (QED) is 0.709. The van der Waals surface area contributed by atoms with Crippen molar-refractivity contribution in [3.8, 4) is 0 Å². The van der Waals surface area contributed by atoms with Gasteiger partial charge >= 0.3 is 0 Å². The summed E-state index contributed by atoms with van der Waals surface area (Å²) >= 11 is 0. The number of carbonyl (C=O) groups excluding carboxylic acids is 1. The summed E-state index contributed by atoms with van der Waals surface area (Å²) in [4.78, 5) is 19.2. The molecule has 2 heterocycles. The van der Waals surface area contributed by atoms with Crippen molar-refractivity contribution in [3.63, 3.8) is 0 Å². The van der Waals surface area contributed by atoms with Crippen molar-refractivity contribution in [2.45, 2.75) is 13.0 Å². The topological polar surface area (TPSA) is 36.4 Å². The van der Waals surface area contributed by atoms with Gasteiger partial charge in [-0.2, -0.15) is 0 Å². The monoisotopic (exact) mass is 219 g/mol. The molecule has 0 aromatic carbocycles. The third-order valence-corrected chi connectivity index (χ3v) is 3.16. The second kappa shape index (κ2) is 5.07. The summed E-state index contributed by atoms with van der Waals surface area (Å²) in [6.45, 7) is 5.66. The fourth-order valence-corrected chi connectivity index (χ4v) is 2.04. The molecule has 16 heavy (non-hydrogen) atoms. The Morgan fingerprint density at radius 2 is 2.06 bits per heavy atom. The lowest BCUT2D eigenvalue weighted by Crippen LogP contribution is -2.46. The number of pyridine rings is 1. The molecule has 0 N–H and O–H groups in total. The number of piperazine rings is 1. The molecular formula is C12H17N3O. The molecule has 1 aliphatic rings. The summed E-state index contributed by atoms with van der Waals surface area (Å²) in [5.74, 6) is 0. The fraction of sp³-hybridized carbons (Fsp3) is 0.500. The number of hydrogen-bond acceptors (Lipinski definition) is 3. The van der Waals surface area contributed by atoms with Crippen LogP contribution in [0.15, 0.2) is 24.4 Å². The summed E-state index contributed by atoms with van der Waals surface area (Å²) < 4.78 is 0. The molecule has 1 saturated heterocycles. The van der Waals surface area contributed by atoms with Crippen LogP contribution in [-0.2, 0) is 4.79 Å². The van der Waals surface area contributed by atoms with Crippen LogP contribution in [0.5, 0.6) is 0 Å². The van der Waals surface area contributed by atoms with E-state index < -0.39 is 0 Å². The SMILES string of the molecule is CC(c1ccccn1)N1CCN(C=O)CC1. The average Bonchev–Trinajstić information content (AvgIpc) is 2.39. The van der Waals surface area contributed by atoms with Gasteiger partial charge < -0.3 is 4.90 Å². The van der Waals surface area contributed by atoms with Crippen LogP contribution < -0.4 is 0 Å². The molecule has 1 aromatic rings. The van der Waals surface area contributed by atoms with Gasteiger partial charge in [0, 0.05) is 38.4 Å². The van der Waals surface area contributed by atoms with Crippen LogP contribution in [0, 0.1) is 0 Å². The van der Waals surface area contributed by atoms with Gasteiger partial charge in [0.15, 0.2) is 0 Å². The maximum atomic E-state index is 10.6. The predicted octanol–water partition coefficient (Wildman–Crippen LogP) is 0.917. The predicted molar refractivity (Wildman–Crippen MR) is 61.9 cm³/mol. The van der Waals surface area contributed by atoms with Crippen molar-refractivity contribution < 1.29 is 4.79 Å². The normalized spacial score (nSPS) is 19.4. The highest BCUT2D eigenvalue weighted by Crippen LogP contribution is 2.18. The largest absolute Gasteiger partial charge is 0.343 e. The molecule has 2 rings (SSSR count). The number of hydrogen-bond donors (Lipinski definition) is 0. The molecule has 0 radical (unpaired) electrons. The van der Waals surface area contributed by atoms with Crippen molar-refractivity contribution >= 4 is 6.41 Å². The van der Waals surface area contributed by atoms with E-state index in [2.05, 4.69) is 22.9 Å². The summed E-state index contributed by atoms with van der Waals surface area (Å²) in [6, 6.07) is 6.33. The van der Waals surface area contributed by atoms with E-state index in [4.69, 9.17) is 0 Å². The third kappa shape index (κ3) is 2.39. The molecule has 0 spiro atoms. The fourth-order valence-electron chi connectivity index (χ4n) is 2.04. The minimum absolute atomic E-state index is 0.329. The van der Waals surface area contributed by atoms with E-state index in [1.165, 1.54) is 0 Å². The number of nitrogens with zero attached hydrogens (tertiary/aromatic N) is 3. The van der Waals surface area contributed by atoms with Gasteiger partial charge in [-0.15, -0.1) is 0 Å². The Bertz CT molecular complexity index is 333. The Kier molecular flexibility index (Phi) is 3.51. The molecule has 1 aromatic heterocycles. The third-order valence-electron chi connectivity index (χ3n) is 3.16. The van der Waals surface area contributed by atoms with E-state index in [-0.39, 0.29) is 0 Å². The summed E-state index contributed by atoms with van der Waals surface area (Å²) in [5, 5.41) is 0.